The van der Waals surface area contributed by atoms with Crippen LogP contribution in [0.5, 0.6) is 17.5 Å². The summed E-state index contributed by atoms with van der Waals surface area (Å²) in [7, 11) is 3.00. The van der Waals surface area contributed by atoms with E-state index in [0.29, 0.717) is 28.2 Å². The number of hydrogen-bond donors (Lipinski definition) is 1. The van der Waals surface area contributed by atoms with Crippen LogP contribution in [0.25, 0.3) is 11.0 Å². The molecule has 202 valence electrons. The molecule has 0 spiro atoms. The Kier molecular flexibility index (Phi) is 10.2. The molecule has 0 aliphatic carbocycles. The maximum atomic E-state index is 12.7. The molecule has 3 aromatic rings. The summed E-state index contributed by atoms with van der Waals surface area (Å²) in [6, 6.07) is 11.0. The van der Waals surface area contributed by atoms with Crippen molar-refractivity contribution in [1.29, 1.82) is 0 Å². The zero-order chi connectivity index (χ0) is 27.5. The Morgan fingerprint density at radius 3 is 2.16 bits per heavy atom. The van der Waals surface area contributed by atoms with E-state index in [2.05, 4.69) is 15.3 Å². The highest BCUT2D eigenvalue weighted by molar-refractivity contribution is 5.97. The molecule has 1 amide bonds. The molecule has 1 N–H and O–H groups in total. The average Bonchev–Trinajstić information content (AvgIpc) is 2.93. The van der Waals surface area contributed by atoms with Gasteiger partial charge in [0.1, 0.15) is 18.4 Å². The normalized spacial score (nSPS) is 11.4. The van der Waals surface area contributed by atoms with E-state index in [1.165, 1.54) is 14.2 Å². The summed E-state index contributed by atoms with van der Waals surface area (Å²) in [5, 5.41) is 2.63. The number of benzene rings is 2. The van der Waals surface area contributed by atoms with E-state index in [4.69, 9.17) is 23.7 Å². The van der Waals surface area contributed by atoms with Gasteiger partial charge in [-0.1, -0.05) is 6.07 Å². The highest BCUT2D eigenvalue weighted by atomic mass is 16.5. The number of aromatic nitrogens is 2. The summed E-state index contributed by atoms with van der Waals surface area (Å²) in [5.41, 5.74) is 2.48. The van der Waals surface area contributed by atoms with E-state index in [1.54, 1.807) is 38.1 Å². The minimum atomic E-state index is -0.975. The number of nitrogens with zero attached hydrogens (tertiary/aromatic N) is 2. The van der Waals surface area contributed by atoms with Crippen LogP contribution >= 0.6 is 0 Å². The summed E-state index contributed by atoms with van der Waals surface area (Å²) < 4.78 is 26.2. The molecule has 0 fully saturated rings. The highest BCUT2D eigenvalue weighted by Gasteiger charge is 2.24. The molecule has 1 aromatic heterocycles. The van der Waals surface area contributed by atoms with Crippen LogP contribution in [0.1, 0.15) is 42.6 Å². The van der Waals surface area contributed by atoms with Crippen LogP contribution in [0.3, 0.4) is 0 Å². The number of carbonyl (C=O) groups is 3. The molecule has 2 aromatic carbocycles. The first-order chi connectivity index (χ1) is 18.4. The molecule has 0 saturated carbocycles. The Labute approximate surface area is 220 Å². The number of esters is 2. The molecule has 11 nitrogen and oxygen atoms in total. The summed E-state index contributed by atoms with van der Waals surface area (Å²) in [4.78, 5) is 45.5. The van der Waals surface area contributed by atoms with Gasteiger partial charge in [0, 0.05) is 12.0 Å². The first-order valence-corrected chi connectivity index (χ1v) is 12.1. The minimum absolute atomic E-state index is 0.0228. The van der Waals surface area contributed by atoms with Gasteiger partial charge in [-0.15, -0.1) is 0 Å². The average molecular weight is 526 g/mol. The van der Waals surface area contributed by atoms with Crippen molar-refractivity contribution in [3.63, 3.8) is 0 Å². The molecule has 0 bridgehead atoms. The van der Waals surface area contributed by atoms with Gasteiger partial charge in [0.25, 0.3) is 17.7 Å². The van der Waals surface area contributed by atoms with Crippen LogP contribution < -0.4 is 19.5 Å². The van der Waals surface area contributed by atoms with E-state index in [9.17, 15) is 14.4 Å². The lowest BCUT2D eigenvalue weighted by atomic mass is 10.1. The Balaban J connectivity index is 1.62. The van der Waals surface area contributed by atoms with Crippen LogP contribution in [-0.2, 0) is 25.7 Å². The summed E-state index contributed by atoms with van der Waals surface area (Å²) >= 11 is 0. The number of nitrogens with one attached hydrogen (secondary N) is 1. The second kappa shape index (κ2) is 13.8. The molecule has 0 unspecified atom stereocenters. The fourth-order valence-electron chi connectivity index (χ4n) is 3.52. The molecule has 0 radical (unpaired) electrons. The SMILES string of the molecule is CCOC(=O)CC[C@H](NC(=O)c1ccc(OCc2ccc3nc(OC)c(OC)nc3c2)cc1)C(=O)OCC. The Hall–Kier alpha value is -4.41. The maximum absolute atomic E-state index is 12.7. The van der Waals surface area contributed by atoms with Crippen LogP contribution in [0.4, 0.5) is 0 Å². The van der Waals surface area contributed by atoms with Crippen LogP contribution in [0.15, 0.2) is 42.5 Å². The maximum Gasteiger partial charge on any atom is 0.328 e. The van der Waals surface area contributed by atoms with Crippen molar-refractivity contribution in [1.82, 2.24) is 15.3 Å². The van der Waals surface area contributed by atoms with Gasteiger partial charge in [-0.25, -0.2) is 14.8 Å². The Morgan fingerprint density at radius 2 is 1.53 bits per heavy atom. The molecular weight excluding hydrogens is 494 g/mol. The summed E-state index contributed by atoms with van der Waals surface area (Å²) in [5.74, 6) is -0.393. The lowest BCUT2D eigenvalue weighted by Crippen LogP contribution is -2.42. The minimum Gasteiger partial charge on any atom is -0.489 e. The number of ether oxygens (including phenoxy) is 5. The zero-order valence-electron chi connectivity index (χ0n) is 21.8. The molecule has 0 aliphatic heterocycles. The second-order valence-corrected chi connectivity index (χ2v) is 8.00. The lowest BCUT2D eigenvalue weighted by Gasteiger charge is -2.17. The number of carbonyl (C=O) groups excluding carboxylic acids is 3. The van der Waals surface area contributed by atoms with E-state index >= 15 is 0 Å². The Morgan fingerprint density at radius 1 is 0.868 bits per heavy atom. The van der Waals surface area contributed by atoms with Crippen molar-refractivity contribution in [3.8, 4) is 17.5 Å². The van der Waals surface area contributed by atoms with Crippen molar-refractivity contribution in [3.05, 3.63) is 53.6 Å². The van der Waals surface area contributed by atoms with Crippen molar-refractivity contribution in [2.24, 2.45) is 0 Å². The van der Waals surface area contributed by atoms with Crippen LogP contribution in [0, 0.1) is 0 Å². The van der Waals surface area contributed by atoms with Crippen molar-refractivity contribution < 1.29 is 38.1 Å². The van der Waals surface area contributed by atoms with E-state index < -0.39 is 23.9 Å². The number of methoxy groups -OCH3 is 2. The third kappa shape index (κ3) is 7.55. The molecule has 11 heteroatoms. The molecule has 38 heavy (non-hydrogen) atoms. The van der Waals surface area contributed by atoms with Crippen LogP contribution in [0.2, 0.25) is 0 Å². The summed E-state index contributed by atoms with van der Waals surface area (Å²) in [6.45, 7) is 4.02. The molecule has 1 heterocycles. The highest BCUT2D eigenvalue weighted by Crippen LogP contribution is 2.25. The quantitative estimate of drug-likeness (QED) is 0.331. The third-order valence-corrected chi connectivity index (χ3v) is 5.39. The number of fused-ring (bicyclic) bond motifs is 1. The van der Waals surface area contributed by atoms with E-state index in [0.717, 1.165) is 5.56 Å². The van der Waals surface area contributed by atoms with Gasteiger partial charge in [-0.05, 0) is 62.2 Å². The fourth-order valence-corrected chi connectivity index (χ4v) is 3.52. The van der Waals surface area contributed by atoms with Gasteiger partial charge in [0.15, 0.2) is 0 Å². The van der Waals surface area contributed by atoms with Gasteiger partial charge in [-0.3, -0.25) is 9.59 Å². The lowest BCUT2D eigenvalue weighted by molar-refractivity contribution is -0.146. The first-order valence-electron chi connectivity index (χ1n) is 12.1. The number of hydrogen-bond acceptors (Lipinski definition) is 10. The van der Waals surface area contributed by atoms with Gasteiger partial charge < -0.3 is 29.0 Å². The molecule has 0 saturated heterocycles. The van der Waals surface area contributed by atoms with Gasteiger partial charge in [-0.2, -0.15) is 0 Å². The standard InChI is InChI=1S/C27H31N3O8/c1-5-36-23(31)14-13-21(27(33)37-6-2)28-24(32)18-8-10-19(11-9-18)38-16-17-7-12-20-22(15-17)30-26(35-4)25(29-20)34-3/h7-12,15,21H,5-6,13-14,16H2,1-4H3,(H,28,32)/t21-/m0/s1. The van der Waals surface area contributed by atoms with Crippen molar-refractivity contribution in [2.45, 2.75) is 39.3 Å². The number of amides is 1. The van der Waals surface area contributed by atoms with Crippen molar-refractivity contribution in [2.75, 3.05) is 27.4 Å². The monoisotopic (exact) mass is 525 g/mol. The van der Waals surface area contributed by atoms with Crippen molar-refractivity contribution >= 4 is 28.9 Å². The van der Waals surface area contributed by atoms with Gasteiger partial charge in [0.2, 0.25) is 0 Å². The molecule has 3 rings (SSSR count). The number of rotatable bonds is 13. The predicted molar refractivity (Wildman–Crippen MR) is 137 cm³/mol. The zero-order valence-corrected chi connectivity index (χ0v) is 21.8. The summed E-state index contributed by atoms with van der Waals surface area (Å²) in [6.07, 6.45) is 0.0461. The molecule has 0 aliphatic rings. The molecular formula is C27H31N3O8. The van der Waals surface area contributed by atoms with Crippen LogP contribution in [-0.4, -0.2) is 61.3 Å². The predicted octanol–water partition coefficient (Wildman–Crippen LogP) is 3.23. The van der Waals surface area contributed by atoms with Gasteiger partial charge in [0.05, 0.1) is 38.5 Å². The topological polar surface area (TPSA) is 135 Å². The fraction of sp³-hybridized carbons (Fsp3) is 0.370. The smallest absolute Gasteiger partial charge is 0.328 e. The molecule has 1 atom stereocenters. The van der Waals surface area contributed by atoms with Gasteiger partial charge >= 0.3 is 11.9 Å². The van der Waals surface area contributed by atoms with E-state index in [1.807, 2.05) is 18.2 Å². The van der Waals surface area contributed by atoms with E-state index in [-0.39, 0.29) is 38.5 Å². The third-order valence-electron chi connectivity index (χ3n) is 5.39. The Bertz CT molecular complexity index is 1260. The first kappa shape index (κ1) is 28.2. The largest absolute Gasteiger partial charge is 0.489 e. The second-order valence-electron chi connectivity index (χ2n) is 8.00.